The molecule has 6 heteroatoms. The smallest absolute Gasteiger partial charge is 0.227 e. The van der Waals surface area contributed by atoms with Gasteiger partial charge in [0.2, 0.25) is 11.8 Å². The highest BCUT2D eigenvalue weighted by molar-refractivity contribution is 6.31. The first-order valence-corrected chi connectivity index (χ1v) is 8.78. The van der Waals surface area contributed by atoms with Crippen LogP contribution in [0.1, 0.15) is 17.5 Å². The third-order valence-electron chi connectivity index (χ3n) is 4.40. The van der Waals surface area contributed by atoms with Crippen LogP contribution in [0.25, 0.3) is 0 Å². The number of hydrogen-bond acceptors (Lipinski definition) is 2. The van der Waals surface area contributed by atoms with Crippen LogP contribution >= 0.6 is 23.2 Å². The van der Waals surface area contributed by atoms with Crippen LogP contribution in [0.15, 0.2) is 42.5 Å². The zero-order chi connectivity index (χ0) is 18.0. The van der Waals surface area contributed by atoms with Gasteiger partial charge in [-0.2, -0.15) is 0 Å². The lowest BCUT2D eigenvalue weighted by Gasteiger charge is -2.17. The van der Waals surface area contributed by atoms with Gasteiger partial charge in [0.05, 0.1) is 5.92 Å². The first-order chi connectivity index (χ1) is 11.9. The number of benzene rings is 2. The minimum absolute atomic E-state index is 0.0543. The van der Waals surface area contributed by atoms with Crippen LogP contribution in [0.5, 0.6) is 0 Å². The Labute approximate surface area is 156 Å². The van der Waals surface area contributed by atoms with Gasteiger partial charge in [0.15, 0.2) is 0 Å². The first-order valence-electron chi connectivity index (χ1n) is 8.02. The Balaban J connectivity index is 1.62. The van der Waals surface area contributed by atoms with Crippen molar-refractivity contribution >= 4 is 40.7 Å². The van der Waals surface area contributed by atoms with Crippen molar-refractivity contribution < 1.29 is 9.59 Å². The van der Waals surface area contributed by atoms with Crippen molar-refractivity contribution in [2.24, 2.45) is 5.92 Å². The molecule has 2 aromatic carbocycles. The summed E-state index contributed by atoms with van der Waals surface area (Å²) in [6, 6.07) is 12.6. The van der Waals surface area contributed by atoms with Crippen LogP contribution in [-0.4, -0.2) is 18.4 Å². The third kappa shape index (κ3) is 4.14. The molecule has 1 atom stereocenters. The molecule has 0 saturated carbocycles. The molecule has 0 aromatic heterocycles. The van der Waals surface area contributed by atoms with E-state index >= 15 is 0 Å². The van der Waals surface area contributed by atoms with Gasteiger partial charge in [-0.3, -0.25) is 9.59 Å². The Morgan fingerprint density at radius 3 is 2.56 bits per heavy atom. The van der Waals surface area contributed by atoms with Gasteiger partial charge < -0.3 is 10.2 Å². The number of carbonyl (C=O) groups is 2. The second-order valence-corrected chi connectivity index (χ2v) is 7.04. The van der Waals surface area contributed by atoms with Gasteiger partial charge in [-0.25, -0.2) is 0 Å². The standard InChI is InChI=1S/C19H18Cl2N2O2/c1-12-2-3-16(21)8-13(12)10-22-19(25)14-9-18(24)23(11-14)17-6-4-15(20)5-7-17/h2-8,14H,9-11H2,1H3,(H,22,25). The molecular formula is C19H18Cl2N2O2. The Bertz CT molecular complexity index is 806. The van der Waals surface area contributed by atoms with Gasteiger partial charge in [0.25, 0.3) is 0 Å². The van der Waals surface area contributed by atoms with Crippen molar-refractivity contribution in [3.63, 3.8) is 0 Å². The summed E-state index contributed by atoms with van der Waals surface area (Å²) in [5.41, 5.74) is 2.80. The molecule has 0 aliphatic carbocycles. The second kappa shape index (κ2) is 7.46. The van der Waals surface area contributed by atoms with E-state index in [4.69, 9.17) is 23.2 Å². The van der Waals surface area contributed by atoms with Gasteiger partial charge in [0, 0.05) is 35.2 Å². The van der Waals surface area contributed by atoms with Crippen LogP contribution in [-0.2, 0) is 16.1 Å². The average Bonchev–Trinajstić information content (AvgIpc) is 2.98. The van der Waals surface area contributed by atoms with Crippen molar-refractivity contribution in [1.82, 2.24) is 5.32 Å². The Morgan fingerprint density at radius 2 is 1.84 bits per heavy atom. The Kier molecular flexibility index (Phi) is 5.30. The van der Waals surface area contributed by atoms with Crippen LogP contribution in [0.2, 0.25) is 10.0 Å². The lowest BCUT2D eigenvalue weighted by Crippen LogP contribution is -2.32. The number of amides is 2. The minimum atomic E-state index is -0.359. The van der Waals surface area contributed by atoms with E-state index in [9.17, 15) is 9.59 Å². The summed E-state index contributed by atoms with van der Waals surface area (Å²) in [7, 11) is 0. The fourth-order valence-corrected chi connectivity index (χ4v) is 3.23. The second-order valence-electron chi connectivity index (χ2n) is 6.17. The molecule has 1 N–H and O–H groups in total. The summed E-state index contributed by atoms with van der Waals surface area (Å²) >= 11 is 11.9. The fraction of sp³-hybridized carbons (Fsp3) is 0.263. The van der Waals surface area contributed by atoms with Crippen LogP contribution < -0.4 is 10.2 Å². The van der Waals surface area contributed by atoms with Crippen molar-refractivity contribution in [2.45, 2.75) is 19.9 Å². The Morgan fingerprint density at radius 1 is 1.16 bits per heavy atom. The molecule has 0 spiro atoms. The van der Waals surface area contributed by atoms with Crippen molar-refractivity contribution in [1.29, 1.82) is 0 Å². The summed E-state index contributed by atoms with van der Waals surface area (Å²) in [4.78, 5) is 26.3. The molecule has 0 bridgehead atoms. The van der Waals surface area contributed by atoms with E-state index in [1.165, 1.54) is 0 Å². The molecule has 1 unspecified atom stereocenters. The highest BCUT2D eigenvalue weighted by Gasteiger charge is 2.34. The molecule has 1 heterocycles. The highest BCUT2D eigenvalue weighted by atomic mass is 35.5. The predicted molar refractivity (Wildman–Crippen MR) is 99.9 cm³/mol. The number of carbonyl (C=O) groups excluding carboxylic acids is 2. The maximum absolute atomic E-state index is 12.4. The van der Waals surface area contributed by atoms with Crippen molar-refractivity contribution in [3.05, 3.63) is 63.6 Å². The molecule has 3 rings (SSSR count). The average molecular weight is 377 g/mol. The molecule has 1 aliphatic heterocycles. The fourth-order valence-electron chi connectivity index (χ4n) is 2.91. The van der Waals surface area contributed by atoms with Crippen molar-refractivity contribution in [2.75, 3.05) is 11.4 Å². The molecule has 2 aromatic rings. The molecule has 4 nitrogen and oxygen atoms in total. The topological polar surface area (TPSA) is 49.4 Å². The molecule has 1 fully saturated rings. The number of rotatable bonds is 4. The van der Waals surface area contributed by atoms with Gasteiger partial charge >= 0.3 is 0 Å². The monoisotopic (exact) mass is 376 g/mol. The SMILES string of the molecule is Cc1ccc(Cl)cc1CNC(=O)C1CC(=O)N(c2ccc(Cl)cc2)C1. The molecule has 0 radical (unpaired) electrons. The number of hydrogen-bond donors (Lipinski definition) is 1. The van der Waals surface area contributed by atoms with E-state index in [1.54, 1.807) is 29.2 Å². The molecule has 25 heavy (non-hydrogen) atoms. The molecule has 1 saturated heterocycles. The minimum Gasteiger partial charge on any atom is -0.352 e. The first kappa shape index (κ1) is 17.8. The lowest BCUT2D eigenvalue weighted by molar-refractivity contribution is -0.126. The van der Waals surface area contributed by atoms with Gasteiger partial charge in [-0.1, -0.05) is 29.3 Å². The number of halogens is 2. The van der Waals surface area contributed by atoms with E-state index in [0.717, 1.165) is 16.8 Å². The normalized spacial score (nSPS) is 17.0. The van der Waals surface area contributed by atoms with E-state index in [1.807, 2.05) is 25.1 Å². The maximum Gasteiger partial charge on any atom is 0.227 e. The van der Waals surface area contributed by atoms with Gasteiger partial charge in [-0.15, -0.1) is 0 Å². The van der Waals surface area contributed by atoms with E-state index in [2.05, 4.69) is 5.32 Å². The summed E-state index contributed by atoms with van der Waals surface area (Å²) in [6.07, 6.45) is 0.211. The number of anilines is 1. The Hall–Kier alpha value is -2.04. The summed E-state index contributed by atoms with van der Waals surface area (Å²) in [5, 5.41) is 4.16. The summed E-state index contributed by atoms with van der Waals surface area (Å²) in [6.45, 7) is 2.75. The van der Waals surface area contributed by atoms with E-state index in [-0.39, 0.29) is 24.2 Å². The molecular weight excluding hydrogens is 359 g/mol. The highest BCUT2D eigenvalue weighted by Crippen LogP contribution is 2.26. The maximum atomic E-state index is 12.4. The van der Waals surface area contributed by atoms with Gasteiger partial charge in [0.1, 0.15) is 0 Å². The lowest BCUT2D eigenvalue weighted by atomic mass is 10.1. The largest absolute Gasteiger partial charge is 0.352 e. The molecule has 1 aliphatic rings. The van der Waals surface area contributed by atoms with E-state index in [0.29, 0.717) is 23.1 Å². The van der Waals surface area contributed by atoms with Gasteiger partial charge in [-0.05, 0) is 54.4 Å². The summed E-state index contributed by atoms with van der Waals surface area (Å²) in [5.74, 6) is -0.534. The predicted octanol–water partition coefficient (Wildman–Crippen LogP) is 3.97. The molecule has 130 valence electrons. The number of aryl methyl sites for hydroxylation is 1. The molecule has 2 amide bonds. The number of nitrogens with zero attached hydrogens (tertiary/aromatic N) is 1. The quantitative estimate of drug-likeness (QED) is 0.877. The van der Waals surface area contributed by atoms with E-state index < -0.39 is 0 Å². The summed E-state index contributed by atoms with van der Waals surface area (Å²) < 4.78 is 0. The van der Waals surface area contributed by atoms with Crippen LogP contribution in [0.4, 0.5) is 5.69 Å². The van der Waals surface area contributed by atoms with Crippen LogP contribution in [0.3, 0.4) is 0 Å². The number of nitrogens with one attached hydrogen (secondary N) is 1. The van der Waals surface area contributed by atoms with Crippen molar-refractivity contribution in [3.8, 4) is 0 Å². The zero-order valence-electron chi connectivity index (χ0n) is 13.8. The third-order valence-corrected chi connectivity index (χ3v) is 4.89. The zero-order valence-corrected chi connectivity index (χ0v) is 15.3. The van der Waals surface area contributed by atoms with Crippen LogP contribution in [0, 0.1) is 12.8 Å².